The van der Waals surface area contributed by atoms with Gasteiger partial charge in [-0.05, 0) is 25.1 Å². The lowest BCUT2D eigenvalue weighted by molar-refractivity contribution is 0.107. The molecule has 0 saturated carbocycles. The Kier molecular flexibility index (Phi) is 2.05. The fourth-order valence-corrected chi connectivity index (χ4v) is 2.38. The van der Waals surface area contributed by atoms with E-state index in [1.807, 2.05) is 0 Å². The largest absolute Gasteiger partial charge is 0.447 e. The lowest BCUT2D eigenvalue weighted by atomic mass is 9.72. The molecule has 1 aromatic carbocycles. The van der Waals surface area contributed by atoms with Gasteiger partial charge in [0, 0.05) is 11.3 Å². The number of halogens is 1. The molecule has 2 aliphatic rings. The monoisotopic (exact) mass is 245 g/mol. The van der Waals surface area contributed by atoms with E-state index < -0.39 is 5.54 Å². The van der Waals surface area contributed by atoms with E-state index in [2.05, 4.69) is 16.8 Å². The zero-order valence-electron chi connectivity index (χ0n) is 9.77. The van der Waals surface area contributed by atoms with E-state index in [1.165, 1.54) is 12.1 Å². The van der Waals surface area contributed by atoms with Crippen LogP contribution in [0, 0.1) is 23.6 Å². The zero-order valence-corrected chi connectivity index (χ0v) is 9.77. The minimum atomic E-state index is -0.849. The van der Waals surface area contributed by atoms with Gasteiger partial charge in [-0.2, -0.15) is 0 Å². The molecule has 18 heavy (non-hydrogen) atoms. The van der Waals surface area contributed by atoms with Crippen molar-refractivity contribution in [1.29, 1.82) is 0 Å². The first kappa shape index (κ1) is 10.9. The Morgan fingerprint density at radius 1 is 1.39 bits per heavy atom. The van der Waals surface area contributed by atoms with Crippen LogP contribution in [0.25, 0.3) is 0 Å². The molecule has 0 amide bonds. The average Bonchev–Trinajstić information content (AvgIpc) is 2.26. The van der Waals surface area contributed by atoms with Gasteiger partial charge in [-0.25, -0.2) is 9.38 Å². The highest BCUT2D eigenvalue weighted by Gasteiger charge is 2.49. The molecule has 1 aromatic rings. The molecular weight excluding hydrogens is 233 g/mol. The highest BCUT2D eigenvalue weighted by Crippen LogP contribution is 2.43. The van der Waals surface area contributed by atoms with Crippen LogP contribution in [0.1, 0.15) is 12.5 Å². The smallest absolute Gasteiger partial charge is 0.284 e. The molecule has 0 bridgehead atoms. The van der Waals surface area contributed by atoms with E-state index in [9.17, 15) is 4.39 Å². The Hall–Kier alpha value is -2.22. The van der Waals surface area contributed by atoms with Gasteiger partial charge in [0.25, 0.3) is 6.02 Å². The van der Waals surface area contributed by atoms with Gasteiger partial charge in [0.2, 0.25) is 0 Å². The fourth-order valence-electron chi connectivity index (χ4n) is 2.38. The molecule has 4 N–H and O–H groups in total. The number of hydrogen-bond donors (Lipinski definition) is 2. The number of ether oxygens (including phenoxy) is 1. The Morgan fingerprint density at radius 3 is 2.83 bits per heavy atom. The number of benzene rings is 1. The number of anilines is 1. The molecule has 3 atom stereocenters. The Balaban J connectivity index is 2.17. The molecular formula is C13H12FN3O. The maximum atomic E-state index is 14.0. The van der Waals surface area contributed by atoms with Gasteiger partial charge < -0.3 is 16.2 Å². The average molecular weight is 245 g/mol. The number of nitrogen functional groups attached to an aromatic ring is 1. The van der Waals surface area contributed by atoms with Crippen LogP contribution >= 0.6 is 0 Å². The predicted octanol–water partition coefficient (Wildman–Crippen LogP) is 0.970. The van der Waals surface area contributed by atoms with Crippen molar-refractivity contribution >= 4 is 11.7 Å². The number of aliphatic imine (C=N–C) groups is 1. The first-order valence-corrected chi connectivity index (χ1v) is 5.59. The summed E-state index contributed by atoms with van der Waals surface area (Å²) in [7, 11) is 0. The van der Waals surface area contributed by atoms with E-state index in [0.717, 1.165) is 0 Å². The van der Waals surface area contributed by atoms with Crippen molar-refractivity contribution in [1.82, 2.24) is 0 Å². The summed E-state index contributed by atoms with van der Waals surface area (Å²) >= 11 is 0. The molecule has 1 aliphatic heterocycles. The third-order valence-corrected chi connectivity index (χ3v) is 3.42. The molecule has 5 heteroatoms. The van der Waals surface area contributed by atoms with Crippen LogP contribution in [0.5, 0.6) is 0 Å². The number of nitrogens with zero attached hydrogens (tertiary/aromatic N) is 1. The zero-order chi connectivity index (χ0) is 12.9. The molecule has 0 spiro atoms. The van der Waals surface area contributed by atoms with Crippen molar-refractivity contribution in [3.8, 4) is 11.8 Å². The summed E-state index contributed by atoms with van der Waals surface area (Å²) in [5, 5.41) is 0. The normalized spacial score (nSPS) is 32.2. The van der Waals surface area contributed by atoms with E-state index in [4.69, 9.17) is 16.2 Å². The number of hydrogen-bond acceptors (Lipinski definition) is 4. The summed E-state index contributed by atoms with van der Waals surface area (Å²) < 4.78 is 19.3. The van der Waals surface area contributed by atoms with Gasteiger partial charge in [0.15, 0.2) is 6.10 Å². The van der Waals surface area contributed by atoms with Crippen LogP contribution in [-0.2, 0) is 10.3 Å². The molecule has 92 valence electrons. The van der Waals surface area contributed by atoms with Crippen molar-refractivity contribution in [2.24, 2.45) is 16.6 Å². The van der Waals surface area contributed by atoms with Crippen LogP contribution in [-0.4, -0.2) is 12.1 Å². The third kappa shape index (κ3) is 1.35. The quantitative estimate of drug-likeness (QED) is 0.572. The molecule has 0 saturated heterocycles. The first-order chi connectivity index (χ1) is 8.50. The van der Waals surface area contributed by atoms with Crippen LogP contribution in [0.2, 0.25) is 0 Å². The SMILES string of the molecule is CC1(c2cc(N)ccc2F)N=C(N)OC2C#CC21. The van der Waals surface area contributed by atoms with Crippen LogP contribution < -0.4 is 11.5 Å². The predicted molar refractivity (Wildman–Crippen MR) is 65.9 cm³/mol. The van der Waals surface area contributed by atoms with Gasteiger partial charge in [-0.3, -0.25) is 0 Å². The maximum Gasteiger partial charge on any atom is 0.284 e. The molecule has 3 unspecified atom stereocenters. The van der Waals surface area contributed by atoms with Gasteiger partial charge >= 0.3 is 0 Å². The minimum absolute atomic E-state index is 0.0366. The summed E-state index contributed by atoms with van der Waals surface area (Å²) in [6.07, 6.45) is -0.312. The summed E-state index contributed by atoms with van der Waals surface area (Å²) in [4.78, 5) is 4.24. The third-order valence-electron chi connectivity index (χ3n) is 3.42. The van der Waals surface area contributed by atoms with Crippen molar-refractivity contribution in [3.05, 3.63) is 29.6 Å². The molecule has 0 aromatic heterocycles. The van der Waals surface area contributed by atoms with Crippen molar-refractivity contribution in [2.45, 2.75) is 18.6 Å². The van der Waals surface area contributed by atoms with Crippen LogP contribution in [0.15, 0.2) is 23.2 Å². The second-order valence-electron chi connectivity index (χ2n) is 4.64. The molecule has 1 aliphatic carbocycles. The number of nitrogens with two attached hydrogens (primary N) is 2. The Bertz CT molecular complexity index is 616. The topological polar surface area (TPSA) is 73.6 Å². The lowest BCUT2D eigenvalue weighted by Crippen LogP contribution is -2.50. The molecule has 1 heterocycles. The van der Waals surface area contributed by atoms with Gasteiger partial charge in [0.1, 0.15) is 11.4 Å². The van der Waals surface area contributed by atoms with Crippen molar-refractivity contribution in [3.63, 3.8) is 0 Å². The summed E-state index contributed by atoms with van der Waals surface area (Å²) in [6, 6.07) is 4.46. The van der Waals surface area contributed by atoms with Crippen LogP contribution in [0.3, 0.4) is 0 Å². The molecule has 3 rings (SSSR count). The number of rotatable bonds is 1. The van der Waals surface area contributed by atoms with E-state index in [-0.39, 0.29) is 23.9 Å². The van der Waals surface area contributed by atoms with E-state index in [0.29, 0.717) is 11.3 Å². The summed E-state index contributed by atoms with van der Waals surface area (Å²) in [5.74, 6) is 5.25. The van der Waals surface area contributed by atoms with Crippen LogP contribution in [0.4, 0.5) is 10.1 Å². The van der Waals surface area contributed by atoms with Crippen molar-refractivity contribution < 1.29 is 9.13 Å². The number of fused-ring (bicyclic) bond motifs is 1. The minimum Gasteiger partial charge on any atom is -0.447 e. The first-order valence-electron chi connectivity index (χ1n) is 5.59. The highest BCUT2D eigenvalue weighted by atomic mass is 19.1. The van der Waals surface area contributed by atoms with Gasteiger partial charge in [0.05, 0.1) is 5.92 Å². The lowest BCUT2D eigenvalue weighted by Gasteiger charge is -2.41. The molecule has 0 radical (unpaired) electrons. The second kappa shape index (κ2) is 3.39. The van der Waals surface area contributed by atoms with E-state index >= 15 is 0 Å². The Labute approximate surface area is 104 Å². The molecule has 4 nitrogen and oxygen atoms in total. The summed E-state index contributed by atoms with van der Waals surface area (Å²) in [6.45, 7) is 1.80. The standard InChI is InChI=1S/C13H12FN3O/c1-13(9-6-7(15)2-4-10(9)14)8-3-5-11(8)18-12(16)17-13/h2,4,6,8,11H,15H2,1H3,(H2,16,17). The maximum absolute atomic E-state index is 14.0. The second-order valence-corrected chi connectivity index (χ2v) is 4.64. The fraction of sp³-hybridized carbons (Fsp3) is 0.308. The van der Waals surface area contributed by atoms with Gasteiger partial charge in [-0.15, -0.1) is 0 Å². The van der Waals surface area contributed by atoms with E-state index in [1.54, 1.807) is 13.0 Å². The summed E-state index contributed by atoms with van der Waals surface area (Å²) in [5.41, 5.74) is 11.4. The number of amidine groups is 1. The molecule has 0 fully saturated rings. The van der Waals surface area contributed by atoms with Gasteiger partial charge in [-0.1, -0.05) is 11.8 Å². The van der Waals surface area contributed by atoms with Crippen molar-refractivity contribution in [2.75, 3.05) is 5.73 Å². The highest BCUT2D eigenvalue weighted by molar-refractivity contribution is 5.74. The Morgan fingerprint density at radius 2 is 2.17 bits per heavy atom.